The van der Waals surface area contributed by atoms with E-state index in [1.807, 2.05) is 36.4 Å². The lowest BCUT2D eigenvalue weighted by Gasteiger charge is -2.37. The van der Waals surface area contributed by atoms with Crippen molar-refractivity contribution in [2.45, 2.75) is 44.2 Å². The lowest BCUT2D eigenvalue weighted by Crippen LogP contribution is -2.53. The molecule has 0 bridgehead atoms. The molecule has 1 amide bonds. The Morgan fingerprint density at radius 3 is 2.74 bits per heavy atom. The standard InChI is InChI=1S/C19H23N3O/c23-19(17-11-10-13-5-1-2-8-15(13)21-17)22-18(14-6-3-7-14)16-9-4-12-20-16/h1-2,5,8,10-11,14,16,18,20H,3-4,6-7,9,12H2,(H,22,23)/t16-,18?/m0/s1. The van der Waals surface area contributed by atoms with Crippen molar-refractivity contribution in [3.8, 4) is 0 Å². The Morgan fingerprint density at radius 2 is 2.00 bits per heavy atom. The first-order chi connectivity index (χ1) is 11.3. The number of nitrogens with one attached hydrogen (secondary N) is 2. The normalized spacial score (nSPS) is 22.7. The van der Waals surface area contributed by atoms with E-state index in [1.54, 1.807) is 0 Å². The summed E-state index contributed by atoms with van der Waals surface area (Å²) in [6.45, 7) is 1.07. The Kier molecular flexibility index (Phi) is 4.00. The molecular weight excluding hydrogens is 286 g/mol. The van der Waals surface area contributed by atoms with E-state index in [9.17, 15) is 4.79 Å². The summed E-state index contributed by atoms with van der Waals surface area (Å²) < 4.78 is 0. The third-order valence-corrected chi connectivity index (χ3v) is 5.32. The van der Waals surface area contributed by atoms with E-state index in [1.165, 1.54) is 25.7 Å². The van der Waals surface area contributed by atoms with Crippen LogP contribution in [0.4, 0.5) is 0 Å². The van der Waals surface area contributed by atoms with Gasteiger partial charge in [0.2, 0.25) is 0 Å². The molecule has 2 N–H and O–H groups in total. The van der Waals surface area contributed by atoms with Gasteiger partial charge in [0.25, 0.3) is 5.91 Å². The highest BCUT2D eigenvalue weighted by atomic mass is 16.2. The summed E-state index contributed by atoms with van der Waals surface area (Å²) in [5, 5.41) is 7.90. The fourth-order valence-corrected chi connectivity index (χ4v) is 3.78. The minimum Gasteiger partial charge on any atom is -0.346 e. The average Bonchev–Trinajstić information content (AvgIpc) is 3.06. The van der Waals surface area contributed by atoms with Gasteiger partial charge >= 0.3 is 0 Å². The van der Waals surface area contributed by atoms with E-state index < -0.39 is 0 Å². The van der Waals surface area contributed by atoms with Crippen molar-refractivity contribution in [1.29, 1.82) is 0 Å². The Morgan fingerprint density at radius 1 is 1.13 bits per heavy atom. The van der Waals surface area contributed by atoms with Crippen LogP contribution in [-0.2, 0) is 0 Å². The number of aromatic nitrogens is 1. The highest BCUT2D eigenvalue weighted by molar-refractivity contribution is 5.95. The number of hydrogen-bond donors (Lipinski definition) is 2. The van der Waals surface area contributed by atoms with Gasteiger partial charge in [-0.3, -0.25) is 4.79 Å². The minimum atomic E-state index is -0.0404. The zero-order valence-electron chi connectivity index (χ0n) is 13.3. The molecule has 2 aliphatic rings. The second-order valence-corrected chi connectivity index (χ2v) is 6.78. The number of amides is 1. The number of carbonyl (C=O) groups excluding carboxylic acids is 1. The number of carbonyl (C=O) groups is 1. The van der Waals surface area contributed by atoms with Crippen LogP contribution in [0, 0.1) is 5.92 Å². The molecule has 0 spiro atoms. The van der Waals surface area contributed by atoms with Crippen molar-refractivity contribution in [1.82, 2.24) is 15.6 Å². The molecule has 4 heteroatoms. The van der Waals surface area contributed by atoms with Gasteiger partial charge in [-0.2, -0.15) is 0 Å². The second-order valence-electron chi connectivity index (χ2n) is 6.78. The summed E-state index contributed by atoms with van der Waals surface area (Å²) in [6.07, 6.45) is 6.12. The first-order valence-corrected chi connectivity index (χ1v) is 8.71. The average molecular weight is 309 g/mol. The van der Waals surface area contributed by atoms with Crippen LogP contribution in [0.2, 0.25) is 0 Å². The molecular formula is C19H23N3O. The molecule has 1 aromatic carbocycles. The van der Waals surface area contributed by atoms with Crippen LogP contribution in [0.1, 0.15) is 42.6 Å². The third kappa shape index (κ3) is 2.95. The highest BCUT2D eigenvalue weighted by Gasteiger charge is 2.35. The summed E-state index contributed by atoms with van der Waals surface area (Å²) >= 11 is 0. The fourth-order valence-electron chi connectivity index (χ4n) is 3.78. The molecule has 1 aromatic heterocycles. The van der Waals surface area contributed by atoms with E-state index in [2.05, 4.69) is 15.6 Å². The van der Waals surface area contributed by atoms with Crippen LogP contribution in [0.5, 0.6) is 0 Å². The summed E-state index contributed by atoms with van der Waals surface area (Å²) in [5.74, 6) is 0.580. The van der Waals surface area contributed by atoms with Crippen molar-refractivity contribution in [3.63, 3.8) is 0 Å². The van der Waals surface area contributed by atoms with Crippen LogP contribution >= 0.6 is 0 Å². The molecule has 23 heavy (non-hydrogen) atoms. The topological polar surface area (TPSA) is 54.0 Å². The molecule has 1 saturated carbocycles. The SMILES string of the molecule is O=C(NC(C1CCC1)[C@@H]1CCCN1)c1ccc2ccccc2n1. The zero-order valence-corrected chi connectivity index (χ0v) is 13.3. The van der Waals surface area contributed by atoms with Gasteiger partial charge in [0, 0.05) is 17.5 Å². The molecule has 2 fully saturated rings. The number of fused-ring (bicyclic) bond motifs is 1. The molecule has 1 aliphatic heterocycles. The van der Waals surface area contributed by atoms with Gasteiger partial charge in [-0.15, -0.1) is 0 Å². The van der Waals surface area contributed by atoms with Gasteiger partial charge in [-0.25, -0.2) is 4.98 Å². The minimum absolute atomic E-state index is 0.0404. The molecule has 2 heterocycles. The smallest absolute Gasteiger partial charge is 0.270 e. The van der Waals surface area contributed by atoms with E-state index in [0.717, 1.165) is 23.9 Å². The lowest BCUT2D eigenvalue weighted by atomic mass is 9.76. The molecule has 2 aromatic rings. The summed E-state index contributed by atoms with van der Waals surface area (Å²) in [6, 6.07) is 12.4. The number of hydrogen-bond acceptors (Lipinski definition) is 3. The van der Waals surface area contributed by atoms with Crippen LogP contribution in [-0.4, -0.2) is 29.5 Å². The number of pyridine rings is 1. The number of benzene rings is 1. The molecule has 4 rings (SSSR count). The number of para-hydroxylation sites is 1. The first-order valence-electron chi connectivity index (χ1n) is 8.71. The van der Waals surface area contributed by atoms with E-state index in [0.29, 0.717) is 17.7 Å². The van der Waals surface area contributed by atoms with Crippen LogP contribution in [0.25, 0.3) is 10.9 Å². The molecule has 2 atom stereocenters. The van der Waals surface area contributed by atoms with Crippen LogP contribution in [0.15, 0.2) is 36.4 Å². The maximum absolute atomic E-state index is 12.7. The molecule has 120 valence electrons. The molecule has 1 aliphatic carbocycles. The monoisotopic (exact) mass is 309 g/mol. The van der Waals surface area contributed by atoms with E-state index in [-0.39, 0.29) is 11.9 Å². The second kappa shape index (κ2) is 6.28. The molecule has 4 nitrogen and oxygen atoms in total. The van der Waals surface area contributed by atoms with Crippen molar-refractivity contribution in [3.05, 3.63) is 42.1 Å². The van der Waals surface area contributed by atoms with Crippen molar-refractivity contribution < 1.29 is 4.79 Å². The largest absolute Gasteiger partial charge is 0.346 e. The summed E-state index contributed by atoms with van der Waals surface area (Å²) in [4.78, 5) is 17.2. The maximum atomic E-state index is 12.7. The Hall–Kier alpha value is -1.94. The van der Waals surface area contributed by atoms with Crippen molar-refractivity contribution >= 4 is 16.8 Å². The van der Waals surface area contributed by atoms with Gasteiger partial charge in [-0.05, 0) is 50.3 Å². The molecule has 0 radical (unpaired) electrons. The highest BCUT2D eigenvalue weighted by Crippen LogP contribution is 2.33. The van der Waals surface area contributed by atoms with Crippen LogP contribution < -0.4 is 10.6 Å². The Labute approximate surface area is 136 Å². The zero-order chi connectivity index (χ0) is 15.6. The number of nitrogens with zero attached hydrogens (tertiary/aromatic N) is 1. The number of rotatable bonds is 4. The first kappa shape index (κ1) is 14.6. The van der Waals surface area contributed by atoms with Crippen molar-refractivity contribution in [2.75, 3.05) is 6.54 Å². The predicted molar refractivity (Wildman–Crippen MR) is 91.4 cm³/mol. The maximum Gasteiger partial charge on any atom is 0.270 e. The fraction of sp³-hybridized carbons (Fsp3) is 0.474. The quantitative estimate of drug-likeness (QED) is 0.913. The van der Waals surface area contributed by atoms with Crippen molar-refractivity contribution in [2.24, 2.45) is 5.92 Å². The summed E-state index contributed by atoms with van der Waals surface area (Å²) in [5.41, 5.74) is 1.39. The van der Waals surface area contributed by atoms with E-state index in [4.69, 9.17) is 0 Å². The van der Waals surface area contributed by atoms with Gasteiger partial charge in [0.05, 0.1) is 5.52 Å². The Bertz CT molecular complexity index is 705. The molecule has 1 unspecified atom stereocenters. The summed E-state index contributed by atoms with van der Waals surface area (Å²) in [7, 11) is 0. The lowest BCUT2D eigenvalue weighted by molar-refractivity contribution is 0.0875. The molecule has 1 saturated heterocycles. The third-order valence-electron chi connectivity index (χ3n) is 5.32. The van der Waals surface area contributed by atoms with Crippen LogP contribution in [0.3, 0.4) is 0 Å². The Balaban J connectivity index is 1.53. The van der Waals surface area contributed by atoms with E-state index >= 15 is 0 Å². The van der Waals surface area contributed by atoms with Gasteiger partial charge in [-0.1, -0.05) is 30.7 Å². The van der Waals surface area contributed by atoms with Gasteiger partial charge < -0.3 is 10.6 Å². The predicted octanol–water partition coefficient (Wildman–Crippen LogP) is 2.89. The van der Waals surface area contributed by atoms with Gasteiger partial charge in [0.15, 0.2) is 0 Å². The van der Waals surface area contributed by atoms with Gasteiger partial charge in [0.1, 0.15) is 5.69 Å².